The normalized spacial score (nSPS) is 11.4. The summed E-state index contributed by atoms with van der Waals surface area (Å²) in [5.41, 5.74) is 2.20. The van der Waals surface area contributed by atoms with Gasteiger partial charge in [0.2, 0.25) is 0 Å². The number of nitrogens with zero attached hydrogens (tertiary/aromatic N) is 3. The first-order valence-corrected chi connectivity index (χ1v) is 6.91. The van der Waals surface area contributed by atoms with Gasteiger partial charge in [-0.05, 0) is 38.1 Å². The maximum absolute atomic E-state index is 11.2. The van der Waals surface area contributed by atoms with E-state index < -0.39 is 5.97 Å². The van der Waals surface area contributed by atoms with E-state index in [0.29, 0.717) is 18.2 Å². The highest BCUT2D eigenvalue weighted by atomic mass is 16.4. The molecule has 0 aliphatic heterocycles. The minimum Gasteiger partial charge on any atom is -0.478 e. The first-order chi connectivity index (χ1) is 10.1. The fraction of sp³-hybridized carbons (Fsp3) is 0.250. The van der Waals surface area contributed by atoms with Crippen molar-refractivity contribution in [2.24, 2.45) is 0 Å². The smallest absolute Gasteiger partial charge is 0.336 e. The van der Waals surface area contributed by atoms with Crippen molar-refractivity contribution in [3.63, 3.8) is 0 Å². The molecule has 3 aromatic rings. The van der Waals surface area contributed by atoms with Crippen molar-refractivity contribution in [3.8, 4) is 0 Å². The highest BCUT2D eigenvalue weighted by Gasteiger charge is 2.11. The van der Waals surface area contributed by atoms with Gasteiger partial charge < -0.3 is 9.67 Å². The number of hydrogen-bond donors (Lipinski definition) is 1. The van der Waals surface area contributed by atoms with Crippen LogP contribution in [0.1, 0.15) is 35.9 Å². The Bertz CT molecular complexity index is 799. The van der Waals surface area contributed by atoms with Crippen molar-refractivity contribution in [1.29, 1.82) is 0 Å². The summed E-state index contributed by atoms with van der Waals surface area (Å²) >= 11 is 0. The summed E-state index contributed by atoms with van der Waals surface area (Å²) in [6.45, 7) is 4.80. The molecule has 0 aliphatic rings. The van der Waals surface area contributed by atoms with Crippen molar-refractivity contribution in [2.75, 3.05) is 0 Å². The third-order valence-corrected chi connectivity index (χ3v) is 3.57. The van der Waals surface area contributed by atoms with Gasteiger partial charge in [-0.2, -0.15) is 5.10 Å². The van der Waals surface area contributed by atoms with Gasteiger partial charge in [0.25, 0.3) is 0 Å². The lowest BCUT2D eigenvalue weighted by Gasteiger charge is -2.06. The van der Waals surface area contributed by atoms with E-state index in [1.54, 1.807) is 12.1 Å². The van der Waals surface area contributed by atoms with E-state index in [9.17, 15) is 9.90 Å². The fourth-order valence-corrected chi connectivity index (χ4v) is 2.47. The number of carbonyl (C=O) groups is 1. The zero-order valence-electron chi connectivity index (χ0n) is 12.0. The van der Waals surface area contributed by atoms with Gasteiger partial charge in [0.15, 0.2) is 0 Å². The van der Waals surface area contributed by atoms with Crippen LogP contribution in [0.3, 0.4) is 0 Å². The molecule has 21 heavy (non-hydrogen) atoms. The predicted molar refractivity (Wildman–Crippen MR) is 80.6 cm³/mol. The summed E-state index contributed by atoms with van der Waals surface area (Å²) in [6, 6.07) is 9.50. The Morgan fingerprint density at radius 1 is 1.24 bits per heavy atom. The monoisotopic (exact) mass is 283 g/mol. The second-order valence-corrected chi connectivity index (χ2v) is 5.37. The average Bonchev–Trinajstić information content (AvgIpc) is 3.06. The summed E-state index contributed by atoms with van der Waals surface area (Å²) < 4.78 is 3.94. The van der Waals surface area contributed by atoms with Crippen molar-refractivity contribution in [2.45, 2.75) is 26.4 Å². The molecule has 0 bridgehead atoms. The van der Waals surface area contributed by atoms with E-state index in [0.717, 1.165) is 16.6 Å². The summed E-state index contributed by atoms with van der Waals surface area (Å²) in [5, 5.41) is 14.5. The van der Waals surface area contributed by atoms with Crippen LogP contribution in [0.15, 0.2) is 42.7 Å². The third-order valence-electron chi connectivity index (χ3n) is 3.57. The second-order valence-electron chi connectivity index (χ2n) is 5.37. The molecule has 5 heteroatoms. The van der Waals surface area contributed by atoms with Gasteiger partial charge in [-0.3, -0.25) is 4.68 Å². The summed E-state index contributed by atoms with van der Waals surface area (Å²) in [5.74, 6) is -0.901. The summed E-state index contributed by atoms with van der Waals surface area (Å²) in [6.07, 6.45) is 3.87. The number of aromatic carboxylic acids is 1. The first-order valence-electron chi connectivity index (χ1n) is 6.91. The molecule has 0 atom stereocenters. The Kier molecular flexibility index (Phi) is 3.25. The van der Waals surface area contributed by atoms with Crippen LogP contribution < -0.4 is 0 Å². The van der Waals surface area contributed by atoms with Crippen molar-refractivity contribution < 1.29 is 9.90 Å². The molecular formula is C16H17N3O2. The number of fused-ring (bicyclic) bond motifs is 1. The van der Waals surface area contributed by atoms with Crippen LogP contribution in [-0.4, -0.2) is 25.4 Å². The standard InChI is InChI=1S/C16H17N3O2/c1-11(2)19-9-6-12(17-19)10-18-8-7-13-14(16(20)21)4-3-5-15(13)18/h3-9,11H,10H2,1-2H3,(H,20,21). The van der Waals surface area contributed by atoms with E-state index in [1.165, 1.54) is 0 Å². The molecule has 2 heterocycles. The number of carboxylic acids is 1. The SMILES string of the molecule is CC(C)n1ccc(Cn2ccc3c(C(=O)O)cccc32)n1. The van der Waals surface area contributed by atoms with Crippen LogP contribution in [0.2, 0.25) is 0 Å². The van der Waals surface area contributed by atoms with Crippen LogP contribution in [0.25, 0.3) is 10.9 Å². The third kappa shape index (κ3) is 2.42. The molecule has 1 N–H and O–H groups in total. The van der Waals surface area contributed by atoms with Crippen LogP contribution in [0.4, 0.5) is 0 Å². The van der Waals surface area contributed by atoms with Crippen LogP contribution in [-0.2, 0) is 6.54 Å². The quantitative estimate of drug-likeness (QED) is 0.800. The molecule has 0 amide bonds. The highest BCUT2D eigenvalue weighted by molar-refractivity contribution is 6.02. The Morgan fingerprint density at radius 3 is 2.71 bits per heavy atom. The molecule has 108 valence electrons. The topological polar surface area (TPSA) is 60.0 Å². The van der Waals surface area contributed by atoms with Gasteiger partial charge >= 0.3 is 5.97 Å². The zero-order valence-corrected chi connectivity index (χ0v) is 12.0. The molecule has 0 saturated heterocycles. The van der Waals surface area contributed by atoms with E-state index in [2.05, 4.69) is 18.9 Å². The van der Waals surface area contributed by atoms with Gasteiger partial charge in [-0.15, -0.1) is 0 Å². The van der Waals surface area contributed by atoms with Gasteiger partial charge in [0.1, 0.15) is 0 Å². The molecule has 0 radical (unpaired) electrons. The minimum absolute atomic E-state index is 0.332. The molecule has 1 aromatic carbocycles. The van der Waals surface area contributed by atoms with Crippen molar-refractivity contribution >= 4 is 16.9 Å². The number of rotatable bonds is 4. The van der Waals surface area contributed by atoms with Crippen LogP contribution >= 0.6 is 0 Å². The molecule has 0 aliphatic carbocycles. The Hall–Kier alpha value is -2.56. The summed E-state index contributed by atoms with van der Waals surface area (Å²) in [4.78, 5) is 11.2. The Morgan fingerprint density at radius 2 is 2.05 bits per heavy atom. The van der Waals surface area contributed by atoms with E-state index in [4.69, 9.17) is 0 Å². The maximum Gasteiger partial charge on any atom is 0.336 e. The van der Waals surface area contributed by atoms with Crippen LogP contribution in [0.5, 0.6) is 0 Å². The van der Waals surface area contributed by atoms with E-state index in [1.807, 2.05) is 39.8 Å². The first kappa shape index (κ1) is 13.4. The molecule has 0 spiro atoms. The van der Waals surface area contributed by atoms with Gasteiger partial charge in [0, 0.05) is 29.3 Å². The zero-order chi connectivity index (χ0) is 15.0. The number of aromatic nitrogens is 3. The number of benzene rings is 1. The van der Waals surface area contributed by atoms with Gasteiger partial charge in [-0.25, -0.2) is 4.79 Å². The fourth-order valence-electron chi connectivity index (χ4n) is 2.47. The lowest BCUT2D eigenvalue weighted by Crippen LogP contribution is -2.04. The average molecular weight is 283 g/mol. The molecular weight excluding hydrogens is 266 g/mol. The largest absolute Gasteiger partial charge is 0.478 e. The Labute approximate surface area is 122 Å². The lowest BCUT2D eigenvalue weighted by molar-refractivity contribution is 0.0699. The van der Waals surface area contributed by atoms with Crippen molar-refractivity contribution in [3.05, 3.63) is 54.0 Å². The molecule has 2 aromatic heterocycles. The highest BCUT2D eigenvalue weighted by Crippen LogP contribution is 2.21. The van der Waals surface area contributed by atoms with Crippen LogP contribution in [0, 0.1) is 0 Å². The second kappa shape index (κ2) is 5.09. The maximum atomic E-state index is 11.2. The summed E-state index contributed by atoms with van der Waals surface area (Å²) in [7, 11) is 0. The van der Waals surface area contributed by atoms with Gasteiger partial charge in [-0.1, -0.05) is 6.07 Å². The lowest BCUT2D eigenvalue weighted by atomic mass is 10.1. The van der Waals surface area contributed by atoms with E-state index in [-0.39, 0.29) is 0 Å². The number of carboxylic acid groups (broad SMARTS) is 1. The molecule has 3 rings (SSSR count). The van der Waals surface area contributed by atoms with Crippen molar-refractivity contribution in [1.82, 2.24) is 14.3 Å². The minimum atomic E-state index is -0.901. The number of hydrogen-bond acceptors (Lipinski definition) is 2. The molecule has 0 fully saturated rings. The predicted octanol–water partition coefficient (Wildman–Crippen LogP) is 3.17. The van der Waals surface area contributed by atoms with E-state index >= 15 is 0 Å². The molecule has 0 unspecified atom stereocenters. The Balaban J connectivity index is 1.97. The van der Waals surface area contributed by atoms with Gasteiger partial charge in [0.05, 0.1) is 17.8 Å². The molecule has 0 saturated carbocycles. The molecule has 5 nitrogen and oxygen atoms in total.